The number of fused-ring (bicyclic) bond motifs is 1. The molecule has 8 nitrogen and oxygen atoms in total. The van der Waals surface area contributed by atoms with Crippen molar-refractivity contribution in [3.63, 3.8) is 0 Å². The topological polar surface area (TPSA) is 89.3 Å². The molecule has 0 bridgehead atoms. The molecule has 164 valence electrons. The first kappa shape index (κ1) is 21.7. The molecule has 9 heteroatoms. The Morgan fingerprint density at radius 2 is 2.12 bits per heavy atom. The van der Waals surface area contributed by atoms with Gasteiger partial charge in [0.05, 0.1) is 12.6 Å². The number of amides is 2. The number of terminal acetylenes is 1. The van der Waals surface area contributed by atoms with Gasteiger partial charge in [-0.15, -0.1) is 6.42 Å². The minimum Gasteiger partial charge on any atom is -0.383 e. The maximum absolute atomic E-state index is 13.3. The largest absolute Gasteiger partial charge is 0.383 e. The van der Waals surface area contributed by atoms with Crippen LogP contribution in [0.2, 0.25) is 0 Å². The summed E-state index contributed by atoms with van der Waals surface area (Å²) in [5, 5.41) is 7.67. The fraction of sp³-hybridized carbons (Fsp3) is 0.304. The standard InChI is InChI=1S/C23H23N5O3S/c1-5-15-8-10-16(11-9-15)21(29)25-23-24-20-19(32-23)18(26-28(20)14(2)3)22(30)27-12-6-7-17(27)13-31-4/h1,8-11,17H,2,6-7,12-13H2,3-4H3,(H,24,25,29)/t17-/m0/s1. The van der Waals surface area contributed by atoms with E-state index in [9.17, 15) is 9.59 Å². The SMILES string of the molecule is C#Cc1ccc(C(=O)Nc2nc3c(s2)c(C(=O)N2CCC[C@H]2COC)nn3C(=C)C)cc1. The van der Waals surface area contributed by atoms with Gasteiger partial charge in [-0.2, -0.15) is 10.1 Å². The lowest BCUT2D eigenvalue weighted by Gasteiger charge is -2.23. The molecule has 2 aromatic heterocycles. The Hall–Kier alpha value is -3.48. The second kappa shape index (κ2) is 8.94. The van der Waals surface area contributed by atoms with Gasteiger partial charge in [-0.1, -0.05) is 23.8 Å². The Labute approximate surface area is 189 Å². The van der Waals surface area contributed by atoms with Crippen LogP contribution in [0.4, 0.5) is 5.13 Å². The Morgan fingerprint density at radius 3 is 2.78 bits per heavy atom. The van der Waals surface area contributed by atoms with Crippen molar-refractivity contribution in [1.82, 2.24) is 19.7 Å². The van der Waals surface area contributed by atoms with Crippen molar-refractivity contribution in [2.75, 3.05) is 25.6 Å². The van der Waals surface area contributed by atoms with E-state index in [-0.39, 0.29) is 17.9 Å². The highest BCUT2D eigenvalue weighted by atomic mass is 32.1. The number of hydrogen-bond donors (Lipinski definition) is 1. The molecule has 1 saturated heterocycles. The van der Waals surface area contributed by atoms with E-state index in [1.54, 1.807) is 43.2 Å². The van der Waals surface area contributed by atoms with Crippen LogP contribution in [0.3, 0.4) is 0 Å². The number of carbonyl (C=O) groups excluding carboxylic acids is 2. The molecule has 1 fully saturated rings. The molecule has 0 unspecified atom stereocenters. The molecule has 3 heterocycles. The van der Waals surface area contributed by atoms with E-state index >= 15 is 0 Å². The third kappa shape index (κ3) is 4.02. The molecule has 4 rings (SSSR count). The fourth-order valence-electron chi connectivity index (χ4n) is 3.75. The first-order chi connectivity index (χ1) is 15.4. The average molecular weight is 450 g/mol. The molecule has 0 aliphatic carbocycles. The van der Waals surface area contributed by atoms with Crippen LogP contribution in [-0.4, -0.2) is 57.8 Å². The van der Waals surface area contributed by atoms with Gasteiger partial charge in [0.1, 0.15) is 4.70 Å². The van der Waals surface area contributed by atoms with E-state index in [1.807, 2.05) is 0 Å². The molecule has 3 aromatic rings. The number of allylic oxidation sites excluding steroid dienone is 1. The van der Waals surface area contributed by atoms with Crippen LogP contribution in [0.25, 0.3) is 16.0 Å². The predicted octanol–water partition coefficient (Wildman–Crippen LogP) is 3.47. The summed E-state index contributed by atoms with van der Waals surface area (Å²) in [6.07, 6.45) is 7.18. The Bertz CT molecular complexity index is 1240. The number of likely N-dealkylation sites (tertiary alicyclic amines) is 1. The lowest BCUT2D eigenvalue weighted by molar-refractivity contribution is 0.0626. The molecule has 2 amide bonds. The Morgan fingerprint density at radius 1 is 1.38 bits per heavy atom. The summed E-state index contributed by atoms with van der Waals surface area (Å²) >= 11 is 1.22. The molecular formula is C23H23N5O3S. The number of nitrogens with one attached hydrogen (secondary N) is 1. The van der Waals surface area contributed by atoms with Crippen molar-refractivity contribution in [2.45, 2.75) is 25.8 Å². The summed E-state index contributed by atoms with van der Waals surface area (Å²) < 4.78 is 7.43. The minimum absolute atomic E-state index is 0.0237. The van der Waals surface area contributed by atoms with Crippen LogP contribution in [0.15, 0.2) is 30.8 Å². The van der Waals surface area contributed by atoms with E-state index in [1.165, 1.54) is 16.0 Å². The predicted molar refractivity (Wildman–Crippen MR) is 125 cm³/mol. The maximum atomic E-state index is 13.3. The number of ether oxygens (including phenoxy) is 1. The second-order valence-electron chi connectivity index (χ2n) is 7.59. The van der Waals surface area contributed by atoms with Crippen LogP contribution in [0, 0.1) is 12.3 Å². The fourth-order valence-corrected chi connectivity index (χ4v) is 4.67. The Kier molecular flexibility index (Phi) is 6.08. The van der Waals surface area contributed by atoms with Gasteiger partial charge in [0.15, 0.2) is 16.5 Å². The molecule has 1 aromatic carbocycles. The van der Waals surface area contributed by atoms with E-state index in [4.69, 9.17) is 11.2 Å². The Balaban J connectivity index is 1.65. The number of hydrogen-bond acceptors (Lipinski definition) is 6. The lowest BCUT2D eigenvalue weighted by atomic mass is 10.1. The quantitative estimate of drug-likeness (QED) is 0.582. The normalized spacial score (nSPS) is 15.7. The maximum Gasteiger partial charge on any atom is 0.276 e. The van der Waals surface area contributed by atoms with Crippen molar-refractivity contribution >= 4 is 44.3 Å². The zero-order valence-corrected chi connectivity index (χ0v) is 18.7. The highest BCUT2D eigenvalue weighted by molar-refractivity contribution is 7.22. The number of rotatable bonds is 6. The second-order valence-corrected chi connectivity index (χ2v) is 8.59. The monoisotopic (exact) mass is 449 g/mol. The summed E-state index contributed by atoms with van der Waals surface area (Å²) in [4.78, 5) is 32.3. The van der Waals surface area contributed by atoms with Gasteiger partial charge in [0.25, 0.3) is 11.8 Å². The van der Waals surface area contributed by atoms with Gasteiger partial charge < -0.3 is 9.64 Å². The molecule has 0 spiro atoms. The lowest BCUT2D eigenvalue weighted by Crippen LogP contribution is -2.38. The summed E-state index contributed by atoms with van der Waals surface area (Å²) in [6.45, 7) is 6.87. The van der Waals surface area contributed by atoms with Gasteiger partial charge in [0.2, 0.25) is 0 Å². The highest BCUT2D eigenvalue weighted by Gasteiger charge is 2.33. The van der Waals surface area contributed by atoms with Crippen LogP contribution >= 0.6 is 11.3 Å². The molecule has 1 aliphatic heterocycles. The zero-order valence-electron chi connectivity index (χ0n) is 17.9. The number of nitrogens with zero attached hydrogens (tertiary/aromatic N) is 4. The molecule has 1 aliphatic rings. The molecule has 32 heavy (non-hydrogen) atoms. The molecule has 0 radical (unpaired) electrons. The molecule has 0 saturated carbocycles. The number of aromatic nitrogens is 3. The molecule has 1 N–H and O–H groups in total. The number of anilines is 1. The highest BCUT2D eigenvalue weighted by Crippen LogP contribution is 2.32. The molecule has 1 atom stereocenters. The molecular weight excluding hydrogens is 426 g/mol. The van der Waals surface area contributed by atoms with Crippen LogP contribution < -0.4 is 5.32 Å². The zero-order chi connectivity index (χ0) is 22.8. The number of benzene rings is 1. The smallest absolute Gasteiger partial charge is 0.276 e. The van der Waals surface area contributed by atoms with Gasteiger partial charge in [-0.3, -0.25) is 14.9 Å². The third-order valence-corrected chi connectivity index (χ3v) is 6.29. The van der Waals surface area contributed by atoms with Crippen molar-refractivity contribution in [3.8, 4) is 12.3 Å². The summed E-state index contributed by atoms with van der Waals surface area (Å²) in [5.74, 6) is 2.04. The number of thiazole rings is 1. The summed E-state index contributed by atoms with van der Waals surface area (Å²) in [6, 6.07) is 6.75. The third-order valence-electron chi connectivity index (χ3n) is 5.32. The summed E-state index contributed by atoms with van der Waals surface area (Å²) in [7, 11) is 1.63. The van der Waals surface area contributed by atoms with Crippen LogP contribution in [0.1, 0.15) is 46.2 Å². The van der Waals surface area contributed by atoms with Crippen molar-refractivity contribution in [2.24, 2.45) is 0 Å². The van der Waals surface area contributed by atoms with Crippen molar-refractivity contribution in [1.29, 1.82) is 0 Å². The van der Waals surface area contributed by atoms with E-state index in [0.717, 1.165) is 12.8 Å². The summed E-state index contributed by atoms with van der Waals surface area (Å²) in [5.41, 5.74) is 2.58. The van der Waals surface area contributed by atoms with Crippen molar-refractivity contribution < 1.29 is 14.3 Å². The average Bonchev–Trinajstić information content (AvgIpc) is 3.48. The van der Waals surface area contributed by atoms with Gasteiger partial charge >= 0.3 is 0 Å². The van der Waals surface area contributed by atoms with E-state index in [2.05, 4.69) is 27.9 Å². The first-order valence-corrected chi connectivity index (χ1v) is 11.0. The number of carbonyl (C=O) groups is 2. The minimum atomic E-state index is -0.313. The van der Waals surface area contributed by atoms with E-state index < -0.39 is 0 Å². The number of methoxy groups -OCH3 is 1. The van der Waals surface area contributed by atoms with E-state index in [0.29, 0.717) is 51.1 Å². The van der Waals surface area contributed by atoms with Gasteiger partial charge in [-0.25, -0.2) is 4.68 Å². The van der Waals surface area contributed by atoms with Crippen molar-refractivity contribution in [3.05, 3.63) is 47.7 Å². The van der Waals surface area contributed by atoms with Crippen LogP contribution in [0.5, 0.6) is 0 Å². The van der Waals surface area contributed by atoms with Crippen LogP contribution in [-0.2, 0) is 4.74 Å². The first-order valence-electron chi connectivity index (χ1n) is 10.2. The van der Waals surface area contributed by atoms with Gasteiger partial charge in [-0.05, 0) is 44.0 Å². The van der Waals surface area contributed by atoms with Gasteiger partial charge in [0, 0.05) is 30.5 Å².